The second kappa shape index (κ2) is 8.25. The molecule has 0 bridgehead atoms. The van der Waals surface area contributed by atoms with Crippen molar-refractivity contribution in [3.05, 3.63) is 65.7 Å². The van der Waals surface area contributed by atoms with Crippen LogP contribution >= 0.6 is 0 Å². The Kier molecular flexibility index (Phi) is 5.58. The van der Waals surface area contributed by atoms with E-state index in [-0.39, 0.29) is 18.0 Å². The highest BCUT2D eigenvalue weighted by molar-refractivity contribution is 5.16. The first-order valence-corrected chi connectivity index (χ1v) is 9.38. The minimum absolute atomic E-state index is 0.178. The summed E-state index contributed by atoms with van der Waals surface area (Å²) in [5.74, 6) is -0.178. The largest absolute Gasteiger partial charge is 0.374 e. The molecule has 5 heteroatoms. The predicted molar refractivity (Wildman–Crippen MR) is 97.0 cm³/mol. The molecular formula is C21H25FN2O2. The molecule has 3 atom stereocenters. The van der Waals surface area contributed by atoms with E-state index >= 15 is 0 Å². The maximum absolute atomic E-state index is 13.1. The van der Waals surface area contributed by atoms with E-state index in [1.165, 1.54) is 12.1 Å². The van der Waals surface area contributed by atoms with Crippen molar-refractivity contribution < 1.29 is 13.9 Å². The van der Waals surface area contributed by atoms with Crippen LogP contribution in [0.2, 0.25) is 0 Å². The molecule has 1 aromatic carbocycles. The van der Waals surface area contributed by atoms with Gasteiger partial charge in [-0.1, -0.05) is 18.2 Å². The molecule has 1 aromatic heterocycles. The zero-order valence-electron chi connectivity index (χ0n) is 14.9. The number of hydrogen-bond acceptors (Lipinski definition) is 4. The Morgan fingerprint density at radius 3 is 2.81 bits per heavy atom. The third-order valence-electron chi connectivity index (χ3n) is 5.34. The van der Waals surface area contributed by atoms with Crippen LogP contribution in [0.25, 0.3) is 0 Å². The average Bonchev–Trinajstić information content (AvgIpc) is 3.07. The van der Waals surface area contributed by atoms with Crippen molar-refractivity contribution in [2.45, 2.75) is 50.7 Å². The Labute approximate surface area is 153 Å². The van der Waals surface area contributed by atoms with E-state index in [0.717, 1.165) is 43.5 Å². The Hall–Kier alpha value is -1.82. The lowest BCUT2D eigenvalue weighted by molar-refractivity contribution is -0.102. The first-order valence-electron chi connectivity index (χ1n) is 9.38. The highest BCUT2D eigenvalue weighted by Gasteiger charge is 2.39. The number of nitrogens with zero attached hydrogens (tertiary/aromatic N) is 2. The van der Waals surface area contributed by atoms with Gasteiger partial charge in [0.1, 0.15) is 5.82 Å². The van der Waals surface area contributed by atoms with Crippen LogP contribution in [0, 0.1) is 5.82 Å². The van der Waals surface area contributed by atoms with Crippen LogP contribution in [0.4, 0.5) is 4.39 Å². The standard InChI is InChI=1S/C21H25FN2O2/c22-18-5-3-16(4-6-18)13-24-11-9-21-20(24)8-7-19(26-21)15-25-14-17-2-1-10-23-12-17/h1-6,10,12,19-21H,7-9,11,13-15H2/t19-,20-,21-/m0/s1. The van der Waals surface area contributed by atoms with Crippen LogP contribution in [-0.4, -0.2) is 41.3 Å². The number of fused-ring (bicyclic) bond motifs is 1. The van der Waals surface area contributed by atoms with Crippen molar-refractivity contribution >= 4 is 0 Å². The smallest absolute Gasteiger partial charge is 0.123 e. The topological polar surface area (TPSA) is 34.6 Å². The molecule has 2 aromatic rings. The van der Waals surface area contributed by atoms with Gasteiger partial charge in [-0.2, -0.15) is 0 Å². The van der Waals surface area contributed by atoms with Gasteiger partial charge in [0.15, 0.2) is 0 Å². The number of pyridine rings is 1. The van der Waals surface area contributed by atoms with Gasteiger partial charge >= 0.3 is 0 Å². The molecule has 0 aliphatic carbocycles. The Morgan fingerprint density at radius 2 is 2.00 bits per heavy atom. The Bertz CT molecular complexity index is 695. The fourth-order valence-corrected chi connectivity index (χ4v) is 4.02. The van der Waals surface area contributed by atoms with Crippen molar-refractivity contribution in [3.8, 4) is 0 Å². The number of ether oxygens (including phenoxy) is 2. The molecule has 0 unspecified atom stereocenters. The first kappa shape index (κ1) is 17.6. The number of aromatic nitrogens is 1. The van der Waals surface area contributed by atoms with E-state index in [1.807, 2.05) is 30.5 Å². The fraction of sp³-hybridized carbons (Fsp3) is 0.476. The van der Waals surface area contributed by atoms with Gasteiger partial charge in [0, 0.05) is 31.5 Å². The molecule has 0 N–H and O–H groups in total. The summed E-state index contributed by atoms with van der Waals surface area (Å²) >= 11 is 0. The van der Waals surface area contributed by atoms with Crippen molar-refractivity contribution in [2.75, 3.05) is 13.2 Å². The van der Waals surface area contributed by atoms with Crippen LogP contribution in [0.1, 0.15) is 30.4 Å². The second-order valence-corrected chi connectivity index (χ2v) is 7.20. The maximum Gasteiger partial charge on any atom is 0.123 e. The van der Waals surface area contributed by atoms with Crippen LogP contribution in [-0.2, 0) is 22.6 Å². The molecule has 4 rings (SSSR count). The van der Waals surface area contributed by atoms with Gasteiger partial charge < -0.3 is 9.47 Å². The van der Waals surface area contributed by atoms with Crippen LogP contribution in [0.5, 0.6) is 0 Å². The number of rotatable bonds is 6. The molecule has 0 spiro atoms. The summed E-state index contributed by atoms with van der Waals surface area (Å²) in [5.41, 5.74) is 2.25. The second-order valence-electron chi connectivity index (χ2n) is 7.20. The SMILES string of the molecule is Fc1ccc(CN2CC[C@@H]3O[C@H](COCc4cccnc4)CC[C@@H]32)cc1. The molecule has 2 aliphatic rings. The summed E-state index contributed by atoms with van der Waals surface area (Å²) in [6, 6.07) is 11.2. The Morgan fingerprint density at radius 1 is 1.12 bits per heavy atom. The van der Waals surface area contributed by atoms with E-state index in [4.69, 9.17) is 9.47 Å². The summed E-state index contributed by atoms with van der Waals surface area (Å²) in [5, 5.41) is 0. The fourth-order valence-electron chi connectivity index (χ4n) is 4.02. The van der Waals surface area contributed by atoms with E-state index in [2.05, 4.69) is 9.88 Å². The van der Waals surface area contributed by atoms with Gasteiger partial charge in [-0.25, -0.2) is 4.39 Å². The molecule has 2 saturated heterocycles. The quantitative estimate of drug-likeness (QED) is 0.793. The lowest BCUT2D eigenvalue weighted by Gasteiger charge is -2.36. The summed E-state index contributed by atoms with van der Waals surface area (Å²) in [4.78, 5) is 6.58. The van der Waals surface area contributed by atoms with Crippen LogP contribution in [0.3, 0.4) is 0 Å². The zero-order chi connectivity index (χ0) is 17.8. The van der Waals surface area contributed by atoms with Crippen molar-refractivity contribution in [2.24, 2.45) is 0 Å². The lowest BCUT2D eigenvalue weighted by atomic mass is 9.99. The van der Waals surface area contributed by atoms with Crippen LogP contribution < -0.4 is 0 Å². The van der Waals surface area contributed by atoms with Gasteiger partial charge in [-0.3, -0.25) is 9.88 Å². The van der Waals surface area contributed by atoms with Gasteiger partial charge in [-0.15, -0.1) is 0 Å². The van der Waals surface area contributed by atoms with Crippen molar-refractivity contribution in [1.82, 2.24) is 9.88 Å². The summed E-state index contributed by atoms with van der Waals surface area (Å²) in [6.45, 7) is 3.12. The van der Waals surface area contributed by atoms with Crippen LogP contribution in [0.15, 0.2) is 48.8 Å². The third-order valence-corrected chi connectivity index (χ3v) is 5.34. The predicted octanol–water partition coefficient (Wildman–Crippen LogP) is 3.56. The van der Waals surface area contributed by atoms with E-state index in [0.29, 0.717) is 19.3 Å². The third kappa shape index (κ3) is 4.29. The molecule has 2 fully saturated rings. The zero-order valence-corrected chi connectivity index (χ0v) is 14.9. The number of halogens is 1. The molecule has 2 aliphatic heterocycles. The first-order chi connectivity index (χ1) is 12.8. The molecule has 0 radical (unpaired) electrons. The van der Waals surface area contributed by atoms with Gasteiger partial charge in [0.25, 0.3) is 0 Å². The summed E-state index contributed by atoms with van der Waals surface area (Å²) < 4.78 is 25.2. The van der Waals surface area contributed by atoms with E-state index < -0.39 is 0 Å². The minimum Gasteiger partial charge on any atom is -0.374 e. The monoisotopic (exact) mass is 356 g/mol. The van der Waals surface area contributed by atoms with Gasteiger partial charge in [0.05, 0.1) is 25.4 Å². The molecular weight excluding hydrogens is 331 g/mol. The molecule has 4 nitrogen and oxygen atoms in total. The highest BCUT2D eigenvalue weighted by atomic mass is 19.1. The molecule has 138 valence electrons. The molecule has 3 heterocycles. The van der Waals surface area contributed by atoms with Gasteiger partial charge in [0.2, 0.25) is 0 Å². The molecule has 26 heavy (non-hydrogen) atoms. The summed E-state index contributed by atoms with van der Waals surface area (Å²) in [7, 11) is 0. The molecule has 0 amide bonds. The van der Waals surface area contributed by atoms with Gasteiger partial charge in [-0.05, 0) is 48.6 Å². The lowest BCUT2D eigenvalue weighted by Crippen LogP contribution is -2.43. The number of hydrogen-bond donors (Lipinski definition) is 0. The van der Waals surface area contributed by atoms with E-state index in [1.54, 1.807) is 6.20 Å². The molecule has 0 saturated carbocycles. The maximum atomic E-state index is 13.1. The average molecular weight is 356 g/mol. The normalized spacial score (nSPS) is 26.0. The van der Waals surface area contributed by atoms with E-state index in [9.17, 15) is 4.39 Å². The highest BCUT2D eigenvalue weighted by Crippen LogP contribution is 2.32. The van der Waals surface area contributed by atoms with Crippen molar-refractivity contribution in [3.63, 3.8) is 0 Å². The minimum atomic E-state index is -0.178. The van der Waals surface area contributed by atoms with Crippen molar-refractivity contribution in [1.29, 1.82) is 0 Å². The number of likely N-dealkylation sites (tertiary alicyclic amines) is 1. The Balaban J connectivity index is 1.24. The summed E-state index contributed by atoms with van der Waals surface area (Å²) in [6.07, 6.45) is 7.29. The number of benzene rings is 1.